The molecule has 0 amide bonds. The summed E-state index contributed by atoms with van der Waals surface area (Å²) in [6.45, 7) is 6.87. The number of anilines is 3. The topological polar surface area (TPSA) is 76.3 Å². The summed E-state index contributed by atoms with van der Waals surface area (Å²) in [5.41, 5.74) is 6.64. The van der Waals surface area contributed by atoms with E-state index in [1.165, 1.54) is 0 Å². The molecule has 100 valence electrons. The third kappa shape index (κ3) is 2.59. The van der Waals surface area contributed by atoms with Crippen molar-refractivity contribution in [2.75, 3.05) is 42.3 Å². The molecule has 0 spiro atoms. The molecule has 0 unspecified atom stereocenters. The van der Waals surface area contributed by atoms with Crippen molar-refractivity contribution in [2.45, 2.75) is 19.9 Å². The third-order valence-corrected chi connectivity index (χ3v) is 3.05. The third-order valence-electron chi connectivity index (χ3n) is 2.88. The van der Waals surface area contributed by atoms with E-state index < -0.39 is 0 Å². The molecule has 1 aromatic heterocycles. The van der Waals surface area contributed by atoms with Crippen LogP contribution in [-0.4, -0.2) is 42.3 Å². The maximum absolute atomic E-state index is 6.10. The highest BCUT2D eigenvalue weighted by Crippen LogP contribution is 2.30. The Bertz CT molecular complexity index is 428. The summed E-state index contributed by atoms with van der Waals surface area (Å²) in [5, 5.41) is 3.30. The number of nitrogens with two attached hydrogens (primary N) is 1. The molecule has 3 N–H and O–H groups in total. The minimum Gasteiger partial charge on any atom is -0.393 e. The van der Waals surface area contributed by atoms with Crippen LogP contribution in [0.1, 0.15) is 13.8 Å². The molecule has 7 heteroatoms. The van der Waals surface area contributed by atoms with E-state index >= 15 is 0 Å². The van der Waals surface area contributed by atoms with Crippen molar-refractivity contribution in [3.63, 3.8) is 0 Å². The van der Waals surface area contributed by atoms with Gasteiger partial charge in [-0.05, 0) is 25.4 Å². The van der Waals surface area contributed by atoms with Gasteiger partial charge in [0.05, 0.1) is 19.3 Å². The fourth-order valence-corrected chi connectivity index (χ4v) is 2.16. The number of nitrogens with one attached hydrogen (secondary N) is 1. The molecule has 1 atom stereocenters. The van der Waals surface area contributed by atoms with Crippen LogP contribution >= 0.6 is 11.6 Å². The van der Waals surface area contributed by atoms with Gasteiger partial charge in [-0.25, -0.2) is 0 Å². The quantitative estimate of drug-likeness (QED) is 0.809. The van der Waals surface area contributed by atoms with Gasteiger partial charge >= 0.3 is 0 Å². The van der Waals surface area contributed by atoms with E-state index in [2.05, 4.69) is 27.1 Å². The molecular formula is C11H18ClN5O. The van der Waals surface area contributed by atoms with Gasteiger partial charge < -0.3 is 20.7 Å². The second-order valence-electron chi connectivity index (χ2n) is 4.23. The van der Waals surface area contributed by atoms with Gasteiger partial charge in [-0.2, -0.15) is 9.97 Å². The van der Waals surface area contributed by atoms with Gasteiger partial charge in [-0.15, -0.1) is 0 Å². The van der Waals surface area contributed by atoms with Crippen LogP contribution in [0.2, 0.25) is 5.28 Å². The van der Waals surface area contributed by atoms with Gasteiger partial charge in [0.1, 0.15) is 5.69 Å². The molecule has 1 fully saturated rings. The zero-order valence-electron chi connectivity index (χ0n) is 10.6. The van der Waals surface area contributed by atoms with Crippen molar-refractivity contribution >= 4 is 28.9 Å². The van der Waals surface area contributed by atoms with Gasteiger partial charge in [-0.1, -0.05) is 0 Å². The summed E-state index contributed by atoms with van der Waals surface area (Å²) in [6.07, 6.45) is 0. The van der Waals surface area contributed by atoms with Crippen molar-refractivity contribution < 1.29 is 4.74 Å². The Balaban J connectivity index is 2.36. The van der Waals surface area contributed by atoms with E-state index in [1.54, 1.807) is 0 Å². The Morgan fingerprint density at radius 3 is 3.00 bits per heavy atom. The lowest BCUT2D eigenvalue weighted by molar-refractivity contribution is 0.0986. The number of halogens is 1. The van der Waals surface area contributed by atoms with Crippen molar-refractivity contribution in [1.29, 1.82) is 0 Å². The van der Waals surface area contributed by atoms with Gasteiger partial charge in [0.2, 0.25) is 5.28 Å². The highest BCUT2D eigenvalue weighted by molar-refractivity contribution is 6.28. The molecule has 0 bridgehead atoms. The summed E-state index contributed by atoms with van der Waals surface area (Å²) in [4.78, 5) is 10.5. The molecule has 0 saturated carbocycles. The Labute approximate surface area is 111 Å². The normalized spacial score (nSPS) is 19.9. The number of aromatic nitrogens is 2. The SMILES string of the molecule is CCNc1nc(Cl)nc(N2CCOC[C@@H]2C)c1N. The zero-order chi connectivity index (χ0) is 13.1. The van der Waals surface area contributed by atoms with Crippen molar-refractivity contribution in [2.24, 2.45) is 0 Å². The Hall–Kier alpha value is -1.27. The van der Waals surface area contributed by atoms with E-state index in [-0.39, 0.29) is 11.3 Å². The fraction of sp³-hybridized carbons (Fsp3) is 0.636. The maximum atomic E-state index is 6.10. The average Bonchev–Trinajstić information content (AvgIpc) is 2.34. The van der Waals surface area contributed by atoms with Gasteiger partial charge in [0.15, 0.2) is 11.6 Å². The Morgan fingerprint density at radius 1 is 1.56 bits per heavy atom. The van der Waals surface area contributed by atoms with Crippen LogP contribution in [0.15, 0.2) is 0 Å². The summed E-state index contributed by atoms with van der Waals surface area (Å²) < 4.78 is 5.41. The first kappa shape index (κ1) is 13.2. The van der Waals surface area contributed by atoms with Gasteiger partial charge in [-0.3, -0.25) is 0 Å². The molecule has 1 aliphatic heterocycles. The smallest absolute Gasteiger partial charge is 0.226 e. The molecule has 0 aliphatic carbocycles. The van der Waals surface area contributed by atoms with E-state index in [9.17, 15) is 0 Å². The standard InChI is InChI=1S/C11H18ClN5O/c1-3-14-9-8(13)10(16-11(12)15-9)17-4-5-18-6-7(17)2/h7H,3-6,13H2,1-2H3,(H,14,15,16)/t7-/m0/s1. The first-order chi connectivity index (χ1) is 8.63. The first-order valence-corrected chi connectivity index (χ1v) is 6.42. The Kier molecular flexibility index (Phi) is 4.08. The van der Waals surface area contributed by atoms with E-state index in [0.717, 1.165) is 13.1 Å². The molecular weight excluding hydrogens is 254 g/mol. The fourth-order valence-electron chi connectivity index (χ4n) is 1.99. The number of nitrogens with zero attached hydrogens (tertiary/aromatic N) is 3. The van der Waals surface area contributed by atoms with Gasteiger partial charge in [0.25, 0.3) is 0 Å². The van der Waals surface area contributed by atoms with Crippen molar-refractivity contribution in [3.8, 4) is 0 Å². The van der Waals surface area contributed by atoms with Crippen LogP contribution in [0.3, 0.4) is 0 Å². The minimum atomic E-state index is 0.203. The largest absolute Gasteiger partial charge is 0.393 e. The summed E-state index contributed by atoms with van der Waals surface area (Å²) >= 11 is 5.95. The monoisotopic (exact) mass is 271 g/mol. The van der Waals surface area contributed by atoms with E-state index in [0.29, 0.717) is 30.5 Å². The summed E-state index contributed by atoms with van der Waals surface area (Å²) in [6, 6.07) is 0.224. The lowest BCUT2D eigenvalue weighted by Crippen LogP contribution is -2.44. The molecule has 1 aliphatic rings. The lowest BCUT2D eigenvalue weighted by Gasteiger charge is -2.35. The van der Waals surface area contributed by atoms with Crippen LogP contribution < -0.4 is 16.0 Å². The summed E-state index contributed by atoms with van der Waals surface area (Å²) in [7, 11) is 0. The predicted octanol–water partition coefficient (Wildman–Crippen LogP) is 1.37. The average molecular weight is 272 g/mol. The summed E-state index contributed by atoms with van der Waals surface area (Å²) in [5.74, 6) is 1.27. The molecule has 0 aromatic carbocycles. The van der Waals surface area contributed by atoms with Crippen LogP contribution in [0.5, 0.6) is 0 Å². The van der Waals surface area contributed by atoms with Crippen LogP contribution in [0.25, 0.3) is 0 Å². The molecule has 0 radical (unpaired) electrons. The highest BCUT2D eigenvalue weighted by atomic mass is 35.5. The van der Waals surface area contributed by atoms with E-state index in [4.69, 9.17) is 22.1 Å². The number of morpholine rings is 1. The highest BCUT2D eigenvalue weighted by Gasteiger charge is 2.24. The molecule has 1 aromatic rings. The molecule has 6 nitrogen and oxygen atoms in total. The number of hydrogen-bond donors (Lipinski definition) is 2. The number of rotatable bonds is 3. The lowest BCUT2D eigenvalue weighted by atomic mass is 10.2. The number of ether oxygens (including phenoxy) is 1. The number of hydrogen-bond acceptors (Lipinski definition) is 6. The first-order valence-electron chi connectivity index (χ1n) is 6.04. The van der Waals surface area contributed by atoms with Crippen molar-refractivity contribution in [3.05, 3.63) is 5.28 Å². The van der Waals surface area contributed by atoms with Crippen molar-refractivity contribution in [1.82, 2.24) is 9.97 Å². The molecule has 1 saturated heterocycles. The molecule has 18 heavy (non-hydrogen) atoms. The molecule has 2 heterocycles. The number of nitrogen functional groups attached to an aromatic ring is 1. The van der Waals surface area contributed by atoms with Crippen LogP contribution in [-0.2, 0) is 4.74 Å². The molecule has 2 rings (SSSR count). The second-order valence-corrected chi connectivity index (χ2v) is 4.56. The van der Waals surface area contributed by atoms with Gasteiger partial charge in [0, 0.05) is 13.1 Å². The zero-order valence-corrected chi connectivity index (χ0v) is 11.4. The maximum Gasteiger partial charge on any atom is 0.226 e. The predicted molar refractivity (Wildman–Crippen MR) is 73.2 cm³/mol. The van der Waals surface area contributed by atoms with Crippen LogP contribution in [0.4, 0.5) is 17.3 Å². The minimum absolute atomic E-state index is 0.203. The second kappa shape index (κ2) is 5.58. The van der Waals surface area contributed by atoms with E-state index in [1.807, 2.05) is 6.92 Å². The Morgan fingerprint density at radius 2 is 2.33 bits per heavy atom. The van der Waals surface area contributed by atoms with Crippen LogP contribution in [0, 0.1) is 0 Å².